The third-order valence-corrected chi connectivity index (χ3v) is 4.50. The van der Waals surface area contributed by atoms with Gasteiger partial charge in [0.2, 0.25) is 5.91 Å². The molecule has 1 N–H and O–H groups in total. The van der Waals surface area contributed by atoms with Crippen molar-refractivity contribution < 1.29 is 14.7 Å². The smallest absolute Gasteiger partial charge is 0.306 e. The van der Waals surface area contributed by atoms with Gasteiger partial charge >= 0.3 is 5.97 Å². The first-order valence-electron chi connectivity index (χ1n) is 6.75. The average molecular weight is 305 g/mol. The Morgan fingerprint density at radius 1 is 1.38 bits per heavy atom. The largest absolute Gasteiger partial charge is 0.481 e. The van der Waals surface area contributed by atoms with Crippen molar-refractivity contribution in [3.63, 3.8) is 0 Å². The number of carbonyl (C=O) groups excluding carboxylic acids is 1. The van der Waals surface area contributed by atoms with Crippen LogP contribution in [0.3, 0.4) is 0 Å². The number of carbonyl (C=O) groups is 2. The molecule has 6 nitrogen and oxygen atoms in total. The van der Waals surface area contributed by atoms with Gasteiger partial charge in [-0.1, -0.05) is 0 Å². The number of thiazole rings is 1. The lowest BCUT2D eigenvalue weighted by Crippen LogP contribution is -2.39. The number of hydrogen-bond acceptors (Lipinski definition) is 4. The van der Waals surface area contributed by atoms with E-state index in [4.69, 9.17) is 5.11 Å². The van der Waals surface area contributed by atoms with Crippen LogP contribution < -0.4 is 0 Å². The molecule has 1 amide bonds. The van der Waals surface area contributed by atoms with Crippen LogP contribution in [0.15, 0.2) is 23.8 Å². The Hall–Kier alpha value is -2.15. The summed E-state index contributed by atoms with van der Waals surface area (Å²) in [5, 5.41) is 10.9. The zero-order valence-corrected chi connectivity index (χ0v) is 12.1. The second-order valence-corrected chi connectivity index (χ2v) is 5.88. The third-order valence-electron chi connectivity index (χ3n) is 3.73. The molecule has 3 heterocycles. The van der Waals surface area contributed by atoms with E-state index in [0.717, 1.165) is 10.7 Å². The Kier molecular flexibility index (Phi) is 3.74. The van der Waals surface area contributed by atoms with Crippen molar-refractivity contribution in [1.82, 2.24) is 14.3 Å². The van der Waals surface area contributed by atoms with Crippen LogP contribution in [0, 0.1) is 5.92 Å². The summed E-state index contributed by atoms with van der Waals surface area (Å²) in [5.41, 5.74) is 0.861. The molecular formula is C14H15N3O3S. The lowest BCUT2D eigenvalue weighted by molar-refractivity contribution is -0.144. The molecule has 1 fully saturated rings. The molecule has 0 atom stereocenters. The standard InChI is InChI=1S/C14H15N3O3S/c18-12(16-5-3-10(4-6-16)13(19)20)2-1-11-9-15-14-17(11)7-8-21-14/h1-2,7-10H,3-6H2,(H,19,20)/b2-1+. The SMILES string of the molecule is O=C(O)C1CCN(C(=O)/C=C/c2cnc3sccn23)CC1. The van der Waals surface area contributed by atoms with Gasteiger partial charge in [-0.15, -0.1) is 11.3 Å². The summed E-state index contributed by atoms with van der Waals surface area (Å²) < 4.78 is 1.92. The fourth-order valence-corrected chi connectivity index (χ4v) is 3.18. The Morgan fingerprint density at radius 2 is 2.14 bits per heavy atom. The highest BCUT2D eigenvalue weighted by atomic mass is 32.1. The molecule has 0 unspecified atom stereocenters. The second kappa shape index (κ2) is 5.69. The summed E-state index contributed by atoms with van der Waals surface area (Å²) in [6.45, 7) is 1.00. The number of aromatic nitrogens is 2. The van der Waals surface area contributed by atoms with E-state index in [1.54, 1.807) is 28.5 Å². The summed E-state index contributed by atoms with van der Waals surface area (Å²) >= 11 is 1.54. The number of rotatable bonds is 3. The predicted molar refractivity (Wildman–Crippen MR) is 79.0 cm³/mol. The van der Waals surface area contributed by atoms with Gasteiger partial charge in [0, 0.05) is 30.7 Å². The van der Waals surface area contributed by atoms with Crippen molar-refractivity contribution >= 4 is 34.3 Å². The highest BCUT2D eigenvalue weighted by molar-refractivity contribution is 7.15. The molecule has 0 aliphatic carbocycles. The van der Waals surface area contributed by atoms with Gasteiger partial charge in [0.15, 0.2) is 4.96 Å². The quantitative estimate of drug-likeness (QED) is 0.876. The van der Waals surface area contributed by atoms with Crippen molar-refractivity contribution in [1.29, 1.82) is 0 Å². The highest BCUT2D eigenvalue weighted by Crippen LogP contribution is 2.18. The van der Waals surface area contributed by atoms with Crippen LogP contribution in [0.2, 0.25) is 0 Å². The number of hydrogen-bond donors (Lipinski definition) is 1. The van der Waals surface area contributed by atoms with E-state index in [-0.39, 0.29) is 11.8 Å². The van der Waals surface area contributed by atoms with Gasteiger partial charge in [0.25, 0.3) is 0 Å². The molecule has 0 aromatic carbocycles. The maximum atomic E-state index is 12.1. The van der Waals surface area contributed by atoms with E-state index in [0.29, 0.717) is 25.9 Å². The summed E-state index contributed by atoms with van der Waals surface area (Å²) in [4.78, 5) is 29.8. The van der Waals surface area contributed by atoms with Crippen LogP contribution in [0.25, 0.3) is 11.0 Å². The Balaban J connectivity index is 1.63. The van der Waals surface area contributed by atoms with Crippen LogP contribution in [0.1, 0.15) is 18.5 Å². The van der Waals surface area contributed by atoms with E-state index < -0.39 is 5.97 Å². The number of piperidine rings is 1. The number of fused-ring (bicyclic) bond motifs is 1. The van der Waals surface area contributed by atoms with Gasteiger partial charge in [-0.2, -0.15) is 0 Å². The Labute approximate surface area is 125 Å². The summed E-state index contributed by atoms with van der Waals surface area (Å²) in [7, 11) is 0. The van der Waals surface area contributed by atoms with Gasteiger partial charge in [-0.25, -0.2) is 4.98 Å². The minimum Gasteiger partial charge on any atom is -0.481 e. The van der Waals surface area contributed by atoms with Gasteiger partial charge < -0.3 is 10.0 Å². The molecule has 0 saturated carbocycles. The van der Waals surface area contributed by atoms with E-state index in [1.807, 2.05) is 16.0 Å². The molecule has 0 bridgehead atoms. The first kappa shape index (κ1) is 13.8. The molecule has 1 aliphatic rings. The van der Waals surface area contributed by atoms with E-state index in [2.05, 4.69) is 4.98 Å². The number of amides is 1. The topological polar surface area (TPSA) is 74.9 Å². The minimum absolute atomic E-state index is 0.0796. The lowest BCUT2D eigenvalue weighted by atomic mass is 9.97. The molecule has 0 radical (unpaired) electrons. The molecule has 7 heteroatoms. The fourth-order valence-electron chi connectivity index (χ4n) is 2.48. The monoisotopic (exact) mass is 305 g/mol. The van der Waals surface area contributed by atoms with Crippen LogP contribution in [0.5, 0.6) is 0 Å². The van der Waals surface area contributed by atoms with Gasteiger partial charge in [0.05, 0.1) is 17.8 Å². The first-order chi connectivity index (χ1) is 10.1. The number of aliphatic carboxylic acids is 1. The normalized spacial score (nSPS) is 16.9. The number of carboxylic acids is 1. The van der Waals surface area contributed by atoms with Crippen molar-refractivity contribution in [3.8, 4) is 0 Å². The van der Waals surface area contributed by atoms with Gasteiger partial charge in [0.1, 0.15) is 0 Å². The maximum Gasteiger partial charge on any atom is 0.306 e. The minimum atomic E-state index is -0.767. The van der Waals surface area contributed by atoms with E-state index in [1.165, 1.54) is 6.08 Å². The average Bonchev–Trinajstić information content (AvgIpc) is 3.08. The zero-order valence-electron chi connectivity index (χ0n) is 11.3. The molecule has 1 aliphatic heterocycles. The van der Waals surface area contributed by atoms with E-state index in [9.17, 15) is 9.59 Å². The van der Waals surface area contributed by atoms with Crippen molar-refractivity contribution in [2.45, 2.75) is 12.8 Å². The van der Waals surface area contributed by atoms with Crippen LogP contribution in [0.4, 0.5) is 0 Å². The zero-order chi connectivity index (χ0) is 14.8. The van der Waals surface area contributed by atoms with Crippen molar-refractivity contribution in [3.05, 3.63) is 29.5 Å². The van der Waals surface area contributed by atoms with Crippen LogP contribution >= 0.6 is 11.3 Å². The Morgan fingerprint density at radius 3 is 2.86 bits per heavy atom. The predicted octanol–water partition coefficient (Wildman–Crippen LogP) is 1.73. The lowest BCUT2D eigenvalue weighted by Gasteiger charge is -2.29. The molecule has 3 rings (SSSR count). The summed E-state index contributed by atoms with van der Waals surface area (Å²) in [6, 6.07) is 0. The van der Waals surface area contributed by atoms with Gasteiger partial charge in [-0.3, -0.25) is 14.0 Å². The molecule has 110 valence electrons. The molecular weight excluding hydrogens is 290 g/mol. The van der Waals surface area contributed by atoms with E-state index >= 15 is 0 Å². The fraction of sp³-hybridized carbons (Fsp3) is 0.357. The summed E-state index contributed by atoms with van der Waals surface area (Å²) in [6.07, 6.45) is 7.97. The molecule has 0 spiro atoms. The second-order valence-electron chi connectivity index (χ2n) is 5.01. The summed E-state index contributed by atoms with van der Waals surface area (Å²) in [5.74, 6) is -1.17. The number of likely N-dealkylation sites (tertiary alicyclic amines) is 1. The van der Waals surface area contributed by atoms with Gasteiger partial charge in [-0.05, 0) is 18.9 Å². The van der Waals surface area contributed by atoms with Crippen molar-refractivity contribution in [2.75, 3.05) is 13.1 Å². The number of nitrogens with zero attached hydrogens (tertiary/aromatic N) is 3. The third kappa shape index (κ3) is 2.82. The molecule has 21 heavy (non-hydrogen) atoms. The molecule has 2 aromatic rings. The molecule has 1 saturated heterocycles. The number of imidazole rings is 1. The van der Waals surface area contributed by atoms with Crippen LogP contribution in [-0.4, -0.2) is 44.4 Å². The van der Waals surface area contributed by atoms with Crippen molar-refractivity contribution in [2.24, 2.45) is 5.92 Å². The van der Waals surface area contributed by atoms with Crippen LogP contribution in [-0.2, 0) is 9.59 Å². The Bertz CT molecular complexity index is 695. The molecule has 2 aromatic heterocycles. The number of carboxylic acid groups (broad SMARTS) is 1. The maximum absolute atomic E-state index is 12.1. The highest BCUT2D eigenvalue weighted by Gasteiger charge is 2.25. The first-order valence-corrected chi connectivity index (χ1v) is 7.63.